The second kappa shape index (κ2) is 19.2. The minimum atomic E-state index is -0.934. The van der Waals surface area contributed by atoms with Gasteiger partial charge in [0, 0.05) is 44.6 Å². The van der Waals surface area contributed by atoms with Gasteiger partial charge < -0.3 is 23.7 Å². The fourth-order valence-corrected chi connectivity index (χ4v) is 3.50. The van der Waals surface area contributed by atoms with Gasteiger partial charge in [0.1, 0.15) is 18.3 Å². The van der Waals surface area contributed by atoms with Crippen LogP contribution < -0.4 is 0 Å². The number of ether oxygens (including phenoxy) is 5. The summed E-state index contributed by atoms with van der Waals surface area (Å²) in [6.07, 6.45) is 0.423. The van der Waals surface area contributed by atoms with Crippen LogP contribution in [-0.2, 0) is 47.7 Å². The summed E-state index contributed by atoms with van der Waals surface area (Å²) in [7, 11) is 1.27. The van der Waals surface area contributed by atoms with E-state index >= 15 is 0 Å². The van der Waals surface area contributed by atoms with Crippen molar-refractivity contribution in [2.45, 2.75) is 112 Å². The van der Waals surface area contributed by atoms with E-state index in [1.165, 1.54) is 14.0 Å². The van der Waals surface area contributed by atoms with Gasteiger partial charge in [0.15, 0.2) is 0 Å². The predicted molar refractivity (Wildman–Crippen MR) is 140 cm³/mol. The Bertz CT molecular complexity index is 799. The largest absolute Gasteiger partial charge is 0.466 e. The fraction of sp³-hybridized carbons (Fsp3) is 0.750. The average Bonchev–Trinajstić information content (AvgIpc) is 2.81. The maximum Gasteiger partial charge on any atom is 0.333 e. The van der Waals surface area contributed by atoms with Gasteiger partial charge in [-0.1, -0.05) is 40.7 Å². The molecule has 0 aliphatic carbocycles. The third-order valence-corrected chi connectivity index (χ3v) is 5.34. The number of hydrogen-bond acceptors (Lipinski definition) is 10. The summed E-state index contributed by atoms with van der Waals surface area (Å²) in [6, 6.07) is 0. The first-order valence-corrected chi connectivity index (χ1v) is 13.3. The standard InChI is InChI=1S/C28H46O10/c1-9-25(30)37-22(13-12-20(6)28(33)34-8)17-24(36-21(7)29)23(38-27(32)16-19(4)5)11-10-14-35-26(31)15-18(2)3/h12,18-19,22-24H,9-11,13-17H2,1-8H3/b20-12+/t22-,23+,24-/m0/s1. The van der Waals surface area contributed by atoms with Crippen molar-refractivity contribution in [2.75, 3.05) is 13.7 Å². The molecule has 0 amide bonds. The van der Waals surface area contributed by atoms with E-state index in [9.17, 15) is 24.0 Å². The van der Waals surface area contributed by atoms with Gasteiger partial charge in [0.05, 0.1) is 13.7 Å². The third-order valence-electron chi connectivity index (χ3n) is 5.34. The molecule has 0 aromatic carbocycles. The molecule has 0 spiro atoms. The van der Waals surface area contributed by atoms with E-state index in [-0.39, 0.29) is 56.5 Å². The quantitative estimate of drug-likeness (QED) is 0.106. The molecule has 0 heterocycles. The lowest BCUT2D eigenvalue weighted by molar-refractivity contribution is -0.173. The molecule has 10 heteroatoms. The van der Waals surface area contributed by atoms with Crippen molar-refractivity contribution >= 4 is 29.8 Å². The van der Waals surface area contributed by atoms with E-state index in [1.54, 1.807) is 19.9 Å². The molecule has 0 aromatic rings. The van der Waals surface area contributed by atoms with Crippen molar-refractivity contribution in [3.63, 3.8) is 0 Å². The average molecular weight is 543 g/mol. The minimum Gasteiger partial charge on any atom is -0.466 e. The van der Waals surface area contributed by atoms with Gasteiger partial charge in [-0.05, 0) is 31.6 Å². The molecule has 0 rings (SSSR count). The summed E-state index contributed by atoms with van der Waals surface area (Å²) < 4.78 is 26.8. The van der Waals surface area contributed by atoms with Crippen LogP contribution in [0.3, 0.4) is 0 Å². The third kappa shape index (κ3) is 16.8. The lowest BCUT2D eigenvalue weighted by Crippen LogP contribution is -2.39. The summed E-state index contributed by atoms with van der Waals surface area (Å²) in [5.41, 5.74) is 0.331. The van der Waals surface area contributed by atoms with Crippen molar-refractivity contribution in [1.29, 1.82) is 0 Å². The molecule has 0 saturated heterocycles. The Balaban J connectivity index is 5.80. The van der Waals surface area contributed by atoms with Crippen LogP contribution in [0.2, 0.25) is 0 Å². The highest BCUT2D eigenvalue weighted by Gasteiger charge is 2.32. The first-order chi connectivity index (χ1) is 17.8. The number of rotatable bonds is 18. The van der Waals surface area contributed by atoms with Crippen LogP contribution in [0.5, 0.6) is 0 Å². The number of esters is 5. The molecule has 3 atom stereocenters. The molecule has 0 unspecified atom stereocenters. The molecule has 38 heavy (non-hydrogen) atoms. The van der Waals surface area contributed by atoms with Crippen LogP contribution >= 0.6 is 0 Å². The van der Waals surface area contributed by atoms with Gasteiger partial charge in [-0.25, -0.2) is 4.79 Å². The molecule has 0 aliphatic rings. The number of hydrogen-bond donors (Lipinski definition) is 0. The summed E-state index contributed by atoms with van der Waals surface area (Å²) in [4.78, 5) is 60.3. The number of methoxy groups -OCH3 is 1. The summed E-state index contributed by atoms with van der Waals surface area (Å²) >= 11 is 0. The molecular weight excluding hydrogens is 496 g/mol. The monoisotopic (exact) mass is 542 g/mol. The fourth-order valence-electron chi connectivity index (χ4n) is 3.50. The number of carbonyl (C=O) groups excluding carboxylic acids is 5. The highest BCUT2D eigenvalue weighted by molar-refractivity contribution is 5.87. The van der Waals surface area contributed by atoms with Crippen molar-refractivity contribution in [3.8, 4) is 0 Å². The zero-order valence-corrected chi connectivity index (χ0v) is 24.2. The Morgan fingerprint density at radius 1 is 0.789 bits per heavy atom. The summed E-state index contributed by atoms with van der Waals surface area (Å²) in [5, 5.41) is 0. The van der Waals surface area contributed by atoms with Crippen LogP contribution in [0.4, 0.5) is 0 Å². The molecule has 0 fully saturated rings. The van der Waals surface area contributed by atoms with Crippen LogP contribution in [0, 0.1) is 11.8 Å². The van der Waals surface area contributed by atoms with Gasteiger partial charge in [0.2, 0.25) is 0 Å². The van der Waals surface area contributed by atoms with Gasteiger partial charge >= 0.3 is 29.8 Å². The second-order valence-electron chi connectivity index (χ2n) is 10.1. The van der Waals surface area contributed by atoms with Gasteiger partial charge in [0.25, 0.3) is 0 Å². The van der Waals surface area contributed by atoms with Crippen LogP contribution in [0.15, 0.2) is 11.6 Å². The van der Waals surface area contributed by atoms with Crippen molar-refractivity contribution < 1.29 is 47.7 Å². The molecule has 0 bridgehead atoms. The first-order valence-electron chi connectivity index (χ1n) is 13.3. The molecule has 0 saturated carbocycles. The highest BCUT2D eigenvalue weighted by Crippen LogP contribution is 2.22. The second-order valence-corrected chi connectivity index (χ2v) is 10.1. The lowest BCUT2D eigenvalue weighted by atomic mass is 9.99. The number of carbonyl (C=O) groups is 5. The summed E-state index contributed by atoms with van der Waals surface area (Å²) in [5.74, 6) is -2.13. The van der Waals surface area contributed by atoms with Gasteiger partial charge in [-0.2, -0.15) is 0 Å². The van der Waals surface area contributed by atoms with Crippen molar-refractivity contribution in [2.24, 2.45) is 11.8 Å². The van der Waals surface area contributed by atoms with E-state index in [0.717, 1.165) is 0 Å². The van der Waals surface area contributed by atoms with Crippen LogP contribution in [0.1, 0.15) is 93.4 Å². The van der Waals surface area contributed by atoms with E-state index in [4.69, 9.17) is 23.7 Å². The topological polar surface area (TPSA) is 132 Å². The van der Waals surface area contributed by atoms with Crippen molar-refractivity contribution in [3.05, 3.63) is 11.6 Å². The van der Waals surface area contributed by atoms with E-state index in [1.807, 2.05) is 27.7 Å². The zero-order chi connectivity index (χ0) is 29.3. The highest BCUT2D eigenvalue weighted by atomic mass is 16.6. The Morgan fingerprint density at radius 2 is 1.39 bits per heavy atom. The smallest absolute Gasteiger partial charge is 0.333 e. The molecule has 218 valence electrons. The molecule has 0 N–H and O–H groups in total. The predicted octanol–water partition coefficient (Wildman–Crippen LogP) is 4.47. The summed E-state index contributed by atoms with van der Waals surface area (Å²) in [6.45, 7) is 12.2. The lowest BCUT2D eigenvalue weighted by Gasteiger charge is -2.29. The molecule has 0 radical (unpaired) electrons. The maximum absolute atomic E-state index is 12.6. The van der Waals surface area contributed by atoms with E-state index in [2.05, 4.69) is 0 Å². The minimum absolute atomic E-state index is 0.0308. The Kier molecular flexibility index (Phi) is 17.7. The molecule has 10 nitrogen and oxygen atoms in total. The van der Waals surface area contributed by atoms with Crippen LogP contribution in [-0.4, -0.2) is 61.9 Å². The zero-order valence-electron chi connectivity index (χ0n) is 24.2. The molecule has 0 aliphatic heterocycles. The molecule has 0 aromatic heterocycles. The first kappa shape index (κ1) is 35.1. The Morgan fingerprint density at radius 3 is 1.92 bits per heavy atom. The SMILES string of the molecule is CCC(=O)O[C@@H](C/C=C(\C)C(=O)OC)C[C@H](OC(C)=O)[C@@H](CCCOC(=O)CC(C)C)OC(=O)CC(C)C. The maximum atomic E-state index is 12.6. The van der Waals surface area contributed by atoms with E-state index < -0.39 is 42.2 Å². The van der Waals surface area contributed by atoms with Crippen LogP contribution in [0.25, 0.3) is 0 Å². The normalized spacial score (nSPS) is 13.9. The van der Waals surface area contributed by atoms with Gasteiger partial charge in [-0.15, -0.1) is 0 Å². The van der Waals surface area contributed by atoms with Crippen molar-refractivity contribution in [1.82, 2.24) is 0 Å². The Hall–Kier alpha value is -2.91. The van der Waals surface area contributed by atoms with Gasteiger partial charge in [-0.3, -0.25) is 19.2 Å². The Labute approximate surface area is 226 Å². The van der Waals surface area contributed by atoms with E-state index in [0.29, 0.717) is 18.4 Å². The molecular formula is C28H46O10.